The third-order valence-electron chi connectivity index (χ3n) is 6.96. The molecule has 3 aromatic carbocycles. The Labute approximate surface area is 275 Å². The normalized spacial score (nSPS) is 19.5. The van der Waals surface area contributed by atoms with Crippen molar-refractivity contribution in [2.45, 2.75) is 22.7 Å². The van der Waals surface area contributed by atoms with Crippen LogP contribution in [0.15, 0.2) is 75.0 Å². The molecular formula is C28H16BrCl4N3O4S2. The number of benzene rings is 3. The van der Waals surface area contributed by atoms with Crippen molar-refractivity contribution in [1.29, 1.82) is 0 Å². The number of carbonyl (C=O) groups is 3. The van der Waals surface area contributed by atoms with Crippen LogP contribution in [0.3, 0.4) is 0 Å². The Morgan fingerprint density at radius 1 is 0.905 bits per heavy atom. The van der Waals surface area contributed by atoms with Gasteiger partial charge >= 0.3 is 4.87 Å². The Kier molecular flexibility index (Phi) is 8.25. The summed E-state index contributed by atoms with van der Waals surface area (Å²) in [6.45, 7) is -0.330. The van der Waals surface area contributed by atoms with E-state index in [1.807, 2.05) is 0 Å². The molecule has 7 nitrogen and oxygen atoms in total. The van der Waals surface area contributed by atoms with E-state index in [0.29, 0.717) is 31.9 Å². The molecule has 42 heavy (non-hydrogen) atoms. The molecule has 2 aliphatic heterocycles. The fourth-order valence-corrected chi connectivity index (χ4v) is 8.87. The zero-order valence-electron chi connectivity index (χ0n) is 20.9. The highest BCUT2D eigenvalue weighted by Gasteiger charge is 2.57. The first kappa shape index (κ1) is 29.7. The van der Waals surface area contributed by atoms with Crippen molar-refractivity contribution < 1.29 is 14.4 Å². The van der Waals surface area contributed by atoms with Crippen LogP contribution in [-0.4, -0.2) is 27.5 Å². The van der Waals surface area contributed by atoms with Gasteiger partial charge in [-0.25, -0.2) is 4.90 Å². The van der Waals surface area contributed by atoms with Crippen LogP contribution in [0, 0.1) is 5.92 Å². The molecule has 1 aromatic heterocycles. The number of rotatable bonds is 5. The van der Waals surface area contributed by atoms with Crippen LogP contribution in [0.1, 0.15) is 16.4 Å². The van der Waals surface area contributed by atoms with Crippen molar-refractivity contribution in [1.82, 2.24) is 4.57 Å². The molecule has 0 aliphatic carbocycles. The molecule has 6 rings (SSSR count). The summed E-state index contributed by atoms with van der Waals surface area (Å²) >= 11 is 30.5. The van der Waals surface area contributed by atoms with E-state index in [2.05, 4.69) is 21.2 Å². The number of fused-ring (bicyclic) bond motifs is 2. The first-order valence-corrected chi connectivity index (χ1v) is 16.3. The minimum Gasteiger partial charge on any atom is -0.324 e. The van der Waals surface area contributed by atoms with Gasteiger partial charge in [-0.3, -0.25) is 23.7 Å². The van der Waals surface area contributed by atoms with Crippen molar-refractivity contribution in [3.8, 4) is 0 Å². The topological polar surface area (TPSA) is 88.5 Å². The summed E-state index contributed by atoms with van der Waals surface area (Å²) < 4.78 is 2.12. The van der Waals surface area contributed by atoms with Crippen LogP contribution >= 0.6 is 85.4 Å². The average Bonchev–Trinajstić information content (AvgIpc) is 3.39. The van der Waals surface area contributed by atoms with E-state index in [1.165, 1.54) is 15.5 Å². The number of aromatic nitrogens is 1. The molecule has 3 amide bonds. The van der Waals surface area contributed by atoms with E-state index in [0.717, 1.165) is 27.6 Å². The van der Waals surface area contributed by atoms with Gasteiger partial charge in [0.25, 0.3) is 0 Å². The number of hydrogen-bond donors (Lipinski definition) is 1. The predicted molar refractivity (Wildman–Crippen MR) is 172 cm³/mol. The van der Waals surface area contributed by atoms with Gasteiger partial charge in [-0.05, 0) is 54.1 Å². The summed E-state index contributed by atoms with van der Waals surface area (Å²) in [5.41, 5.74) is 1.36. The van der Waals surface area contributed by atoms with E-state index in [-0.39, 0.29) is 21.6 Å². The Morgan fingerprint density at radius 3 is 2.36 bits per heavy atom. The number of imide groups is 1. The van der Waals surface area contributed by atoms with Crippen molar-refractivity contribution in [2.75, 3.05) is 10.2 Å². The summed E-state index contributed by atoms with van der Waals surface area (Å²) in [4.78, 5) is 55.5. The van der Waals surface area contributed by atoms with Gasteiger partial charge in [-0.1, -0.05) is 97.6 Å². The van der Waals surface area contributed by atoms with E-state index < -0.39 is 39.7 Å². The summed E-state index contributed by atoms with van der Waals surface area (Å²) in [6, 6.07) is 16.6. The second-order valence-corrected chi connectivity index (χ2v) is 14.1. The molecule has 4 aromatic rings. The number of nitrogens with one attached hydrogen (secondary N) is 1. The van der Waals surface area contributed by atoms with Crippen LogP contribution in [0.4, 0.5) is 11.4 Å². The fourth-order valence-electron chi connectivity index (χ4n) is 5.11. The van der Waals surface area contributed by atoms with Gasteiger partial charge < -0.3 is 5.32 Å². The van der Waals surface area contributed by atoms with E-state index >= 15 is 0 Å². The molecule has 1 N–H and O–H groups in total. The minimum absolute atomic E-state index is 0.230. The lowest BCUT2D eigenvalue weighted by Crippen LogP contribution is -2.33. The highest BCUT2D eigenvalue weighted by Crippen LogP contribution is 2.55. The first-order chi connectivity index (χ1) is 20.0. The van der Waals surface area contributed by atoms with Gasteiger partial charge in [0.05, 0.1) is 36.7 Å². The second-order valence-electron chi connectivity index (χ2n) is 9.47. The third kappa shape index (κ3) is 5.21. The van der Waals surface area contributed by atoms with Crippen LogP contribution in [0.5, 0.6) is 0 Å². The molecule has 2 aliphatic rings. The summed E-state index contributed by atoms with van der Waals surface area (Å²) in [5, 5.41) is 3.39. The molecule has 0 bridgehead atoms. The maximum absolute atomic E-state index is 14.0. The smallest absolute Gasteiger partial charge is 0.308 e. The Balaban J connectivity index is 1.43. The monoisotopic (exact) mass is 741 g/mol. The lowest BCUT2D eigenvalue weighted by atomic mass is 9.83. The molecule has 0 spiro atoms. The molecular weight excluding hydrogens is 728 g/mol. The highest BCUT2D eigenvalue weighted by atomic mass is 79.9. The average molecular weight is 744 g/mol. The van der Waals surface area contributed by atoms with Crippen LogP contribution in [0.25, 0.3) is 0 Å². The lowest BCUT2D eigenvalue weighted by Gasteiger charge is -2.31. The number of carbonyl (C=O) groups excluding carboxylic acids is 3. The molecule has 0 saturated carbocycles. The van der Waals surface area contributed by atoms with E-state index in [1.54, 1.807) is 54.6 Å². The third-order valence-corrected chi connectivity index (χ3v) is 11.7. The zero-order chi connectivity index (χ0) is 29.9. The maximum Gasteiger partial charge on any atom is 0.308 e. The largest absolute Gasteiger partial charge is 0.324 e. The van der Waals surface area contributed by atoms with Gasteiger partial charge in [-0.2, -0.15) is 0 Å². The predicted octanol–water partition coefficient (Wildman–Crippen LogP) is 7.72. The fraction of sp³-hybridized carbons (Fsp3) is 0.143. The second kappa shape index (κ2) is 11.6. The van der Waals surface area contributed by atoms with Crippen molar-refractivity contribution in [3.05, 3.63) is 105 Å². The molecule has 3 atom stereocenters. The Hall–Kier alpha value is -2.31. The zero-order valence-corrected chi connectivity index (χ0v) is 27.2. The number of anilines is 2. The van der Waals surface area contributed by atoms with Crippen molar-refractivity contribution in [3.63, 3.8) is 0 Å². The van der Waals surface area contributed by atoms with Gasteiger partial charge in [0.2, 0.25) is 17.7 Å². The Morgan fingerprint density at radius 2 is 1.64 bits per heavy atom. The summed E-state index contributed by atoms with van der Waals surface area (Å²) in [6.07, 6.45) is 0. The first-order valence-electron chi connectivity index (χ1n) is 12.3. The van der Waals surface area contributed by atoms with Gasteiger partial charge in [0.15, 0.2) is 0 Å². The standard InChI is InChI=1S/C28H16BrCl4N3O4S2/c29-12-4-7-14(8-5-12)36-25(38)21-20(15-2-1-3-17(31)22(15)33)24-27(41-23(21)26(36)39)35(28(40)42-24)11-19(37)34-13-6-9-16(30)18(32)10-13/h1-10,20-21,23H,11H2,(H,34,37). The van der Waals surface area contributed by atoms with E-state index in [4.69, 9.17) is 46.4 Å². The lowest BCUT2D eigenvalue weighted by molar-refractivity contribution is -0.122. The number of nitrogens with zero attached hydrogens (tertiary/aromatic N) is 2. The van der Waals surface area contributed by atoms with Crippen molar-refractivity contribution >= 4 is 115 Å². The SMILES string of the molecule is O=C(Cn1c2c(sc1=O)C(c1cccc(Cl)c1Cl)C1C(=O)N(c3ccc(Br)cc3)C(=O)C1S2)Nc1ccc(Cl)c(Cl)c1. The van der Waals surface area contributed by atoms with E-state index in [9.17, 15) is 19.2 Å². The molecule has 3 unspecified atom stereocenters. The number of thiazole rings is 1. The summed E-state index contributed by atoms with van der Waals surface area (Å²) in [7, 11) is 0. The quantitative estimate of drug-likeness (QED) is 0.212. The van der Waals surface area contributed by atoms with Crippen LogP contribution in [0.2, 0.25) is 20.1 Å². The number of halogens is 5. The van der Waals surface area contributed by atoms with Gasteiger partial charge in [-0.15, -0.1) is 0 Å². The molecule has 0 radical (unpaired) electrons. The molecule has 214 valence electrons. The number of hydrogen-bond acceptors (Lipinski definition) is 6. The number of amides is 3. The molecule has 1 fully saturated rings. The van der Waals surface area contributed by atoms with Crippen LogP contribution < -0.4 is 15.1 Å². The van der Waals surface area contributed by atoms with Crippen LogP contribution in [-0.2, 0) is 20.9 Å². The molecule has 14 heteroatoms. The van der Waals surface area contributed by atoms with Gasteiger partial charge in [0, 0.05) is 21.0 Å². The number of thioether (sulfide) groups is 1. The maximum atomic E-state index is 14.0. The highest BCUT2D eigenvalue weighted by molar-refractivity contribution is 9.10. The minimum atomic E-state index is -0.868. The molecule has 3 heterocycles. The van der Waals surface area contributed by atoms with Crippen molar-refractivity contribution in [2.24, 2.45) is 5.92 Å². The summed E-state index contributed by atoms with van der Waals surface area (Å²) in [5.74, 6) is -2.91. The Bertz CT molecular complexity index is 1850. The van der Waals surface area contributed by atoms with Gasteiger partial charge in [0.1, 0.15) is 11.8 Å². The molecule has 1 saturated heterocycles.